The van der Waals surface area contributed by atoms with Crippen LogP contribution in [0.3, 0.4) is 0 Å². The van der Waals surface area contributed by atoms with E-state index in [9.17, 15) is 0 Å². The Bertz CT molecular complexity index is 411. The highest BCUT2D eigenvalue weighted by Gasteiger charge is 2.26. The molecule has 3 nitrogen and oxygen atoms in total. The minimum absolute atomic E-state index is 0.594. The molecule has 1 fully saturated rings. The van der Waals surface area contributed by atoms with Crippen molar-refractivity contribution in [3.63, 3.8) is 0 Å². The lowest BCUT2D eigenvalue weighted by Crippen LogP contribution is -2.22. The minimum atomic E-state index is 0.594. The second kappa shape index (κ2) is 7.27. The summed E-state index contributed by atoms with van der Waals surface area (Å²) in [5, 5.41) is 0. The summed E-state index contributed by atoms with van der Waals surface area (Å²) in [6, 6.07) is 5.98. The van der Waals surface area contributed by atoms with Crippen molar-refractivity contribution in [3.05, 3.63) is 28.2 Å². The van der Waals surface area contributed by atoms with Crippen molar-refractivity contribution >= 4 is 15.9 Å². The number of ether oxygens (including phenoxy) is 2. The van der Waals surface area contributed by atoms with Gasteiger partial charge in [-0.3, -0.25) is 0 Å². The SMILES string of the molecule is COc1ccc(Br)cc1COCC1CCCC1CN. The number of hydrogen-bond donors (Lipinski definition) is 1. The fourth-order valence-electron chi connectivity index (χ4n) is 2.82. The van der Waals surface area contributed by atoms with Gasteiger partial charge in [-0.25, -0.2) is 0 Å². The van der Waals surface area contributed by atoms with Crippen LogP contribution in [-0.4, -0.2) is 20.3 Å². The van der Waals surface area contributed by atoms with Crippen LogP contribution in [-0.2, 0) is 11.3 Å². The fourth-order valence-corrected chi connectivity index (χ4v) is 3.23. The molecule has 0 aliphatic heterocycles. The highest BCUT2D eigenvalue weighted by molar-refractivity contribution is 9.10. The normalized spacial score (nSPS) is 22.7. The predicted octanol–water partition coefficient (Wildman–Crippen LogP) is 3.35. The monoisotopic (exact) mass is 327 g/mol. The second-order valence-corrected chi connectivity index (χ2v) is 6.07. The van der Waals surface area contributed by atoms with Crippen molar-refractivity contribution in [2.75, 3.05) is 20.3 Å². The van der Waals surface area contributed by atoms with E-state index in [-0.39, 0.29) is 0 Å². The summed E-state index contributed by atoms with van der Waals surface area (Å²) in [5.41, 5.74) is 6.87. The molecule has 0 heterocycles. The number of rotatable bonds is 6. The average molecular weight is 328 g/mol. The van der Waals surface area contributed by atoms with Crippen molar-refractivity contribution < 1.29 is 9.47 Å². The first-order chi connectivity index (χ1) is 9.24. The maximum absolute atomic E-state index is 5.88. The molecular formula is C15H22BrNO2. The highest BCUT2D eigenvalue weighted by Crippen LogP contribution is 2.31. The maximum atomic E-state index is 5.88. The van der Waals surface area contributed by atoms with Crippen LogP contribution < -0.4 is 10.5 Å². The molecule has 0 spiro atoms. The molecule has 19 heavy (non-hydrogen) atoms. The molecule has 1 aromatic carbocycles. The Hall–Kier alpha value is -0.580. The zero-order chi connectivity index (χ0) is 13.7. The first-order valence-electron chi connectivity index (χ1n) is 6.84. The number of halogens is 1. The van der Waals surface area contributed by atoms with Gasteiger partial charge in [0.25, 0.3) is 0 Å². The van der Waals surface area contributed by atoms with E-state index in [0.29, 0.717) is 18.4 Å². The van der Waals surface area contributed by atoms with Crippen LogP contribution in [0.15, 0.2) is 22.7 Å². The first-order valence-corrected chi connectivity index (χ1v) is 7.64. The topological polar surface area (TPSA) is 44.5 Å². The highest BCUT2D eigenvalue weighted by atomic mass is 79.9. The van der Waals surface area contributed by atoms with Crippen molar-refractivity contribution in [2.24, 2.45) is 17.6 Å². The van der Waals surface area contributed by atoms with Crippen LogP contribution in [0.4, 0.5) is 0 Å². The molecule has 1 aliphatic rings. The Balaban J connectivity index is 1.87. The lowest BCUT2D eigenvalue weighted by molar-refractivity contribution is 0.0741. The van der Waals surface area contributed by atoms with Gasteiger partial charge in [0, 0.05) is 10.0 Å². The summed E-state index contributed by atoms with van der Waals surface area (Å²) < 4.78 is 12.3. The van der Waals surface area contributed by atoms with E-state index in [1.54, 1.807) is 7.11 Å². The molecule has 2 rings (SSSR count). The Morgan fingerprint density at radius 3 is 2.84 bits per heavy atom. The van der Waals surface area contributed by atoms with E-state index < -0.39 is 0 Å². The lowest BCUT2D eigenvalue weighted by atomic mass is 9.97. The number of benzene rings is 1. The van der Waals surface area contributed by atoms with E-state index >= 15 is 0 Å². The standard InChI is InChI=1S/C15H22BrNO2/c1-18-15-6-5-14(16)7-13(15)10-19-9-12-4-2-3-11(12)8-17/h5-7,11-12H,2-4,8-10,17H2,1H3. The first kappa shape index (κ1) is 14.8. The van der Waals surface area contributed by atoms with Crippen molar-refractivity contribution in [3.8, 4) is 5.75 Å². The Morgan fingerprint density at radius 1 is 1.32 bits per heavy atom. The molecule has 0 amide bonds. The molecule has 2 unspecified atom stereocenters. The molecule has 4 heteroatoms. The molecule has 1 aromatic rings. The third-order valence-electron chi connectivity index (χ3n) is 3.95. The summed E-state index contributed by atoms with van der Waals surface area (Å²) in [6.07, 6.45) is 3.79. The van der Waals surface area contributed by atoms with Gasteiger partial charge in [-0.15, -0.1) is 0 Å². The summed E-state index contributed by atoms with van der Waals surface area (Å²) in [7, 11) is 1.69. The summed E-state index contributed by atoms with van der Waals surface area (Å²) in [6.45, 7) is 2.18. The third kappa shape index (κ3) is 3.94. The molecule has 106 valence electrons. The van der Waals surface area contributed by atoms with Gasteiger partial charge in [0.1, 0.15) is 5.75 Å². The van der Waals surface area contributed by atoms with Crippen molar-refractivity contribution in [1.29, 1.82) is 0 Å². The van der Waals surface area contributed by atoms with Gasteiger partial charge < -0.3 is 15.2 Å². The molecule has 2 N–H and O–H groups in total. The summed E-state index contributed by atoms with van der Waals surface area (Å²) in [4.78, 5) is 0. The van der Waals surface area contributed by atoms with Crippen LogP contribution >= 0.6 is 15.9 Å². The molecule has 2 atom stereocenters. The average Bonchev–Trinajstić information content (AvgIpc) is 2.86. The van der Waals surface area contributed by atoms with E-state index in [4.69, 9.17) is 15.2 Å². The molecular weight excluding hydrogens is 306 g/mol. The third-order valence-corrected chi connectivity index (χ3v) is 4.44. The minimum Gasteiger partial charge on any atom is -0.496 e. The quantitative estimate of drug-likeness (QED) is 0.871. The molecule has 1 aliphatic carbocycles. The van der Waals surface area contributed by atoms with Gasteiger partial charge in [0.2, 0.25) is 0 Å². The maximum Gasteiger partial charge on any atom is 0.124 e. The van der Waals surface area contributed by atoms with Crippen molar-refractivity contribution in [2.45, 2.75) is 25.9 Å². The van der Waals surface area contributed by atoms with Gasteiger partial charge in [-0.2, -0.15) is 0 Å². The Morgan fingerprint density at radius 2 is 2.11 bits per heavy atom. The largest absolute Gasteiger partial charge is 0.496 e. The van der Waals surface area contributed by atoms with Crippen LogP contribution in [0, 0.1) is 11.8 Å². The molecule has 0 saturated heterocycles. The Kier molecular flexibility index (Phi) is 5.67. The smallest absolute Gasteiger partial charge is 0.124 e. The van der Waals surface area contributed by atoms with Gasteiger partial charge >= 0.3 is 0 Å². The van der Waals surface area contributed by atoms with E-state index in [1.165, 1.54) is 19.3 Å². The van der Waals surface area contributed by atoms with Crippen molar-refractivity contribution in [1.82, 2.24) is 0 Å². The number of hydrogen-bond acceptors (Lipinski definition) is 3. The van der Waals surface area contributed by atoms with Crippen LogP contribution in [0.2, 0.25) is 0 Å². The van der Waals surface area contributed by atoms with Gasteiger partial charge in [-0.05, 0) is 49.4 Å². The molecule has 0 radical (unpaired) electrons. The predicted molar refractivity (Wildman–Crippen MR) is 80.2 cm³/mol. The summed E-state index contributed by atoms with van der Waals surface area (Å²) in [5.74, 6) is 2.15. The number of methoxy groups -OCH3 is 1. The van der Waals surface area contributed by atoms with E-state index in [2.05, 4.69) is 15.9 Å². The van der Waals surface area contributed by atoms with Crippen LogP contribution in [0.5, 0.6) is 5.75 Å². The van der Waals surface area contributed by atoms with Gasteiger partial charge in [0.05, 0.1) is 20.3 Å². The Labute approximate surface area is 123 Å². The zero-order valence-corrected chi connectivity index (χ0v) is 13.0. The van der Waals surface area contributed by atoms with Gasteiger partial charge in [-0.1, -0.05) is 22.4 Å². The van der Waals surface area contributed by atoms with Crippen LogP contribution in [0.25, 0.3) is 0 Å². The molecule has 1 saturated carbocycles. The molecule has 0 bridgehead atoms. The number of nitrogens with two attached hydrogens (primary N) is 1. The van der Waals surface area contributed by atoms with Gasteiger partial charge in [0.15, 0.2) is 0 Å². The molecule has 0 aromatic heterocycles. The second-order valence-electron chi connectivity index (χ2n) is 5.16. The van der Waals surface area contributed by atoms with Crippen LogP contribution in [0.1, 0.15) is 24.8 Å². The lowest BCUT2D eigenvalue weighted by Gasteiger charge is -2.18. The summed E-state index contributed by atoms with van der Waals surface area (Å²) >= 11 is 3.48. The van der Waals surface area contributed by atoms with E-state index in [1.807, 2.05) is 18.2 Å². The van der Waals surface area contributed by atoms with E-state index in [0.717, 1.165) is 28.9 Å². The fraction of sp³-hybridized carbons (Fsp3) is 0.600. The zero-order valence-electron chi connectivity index (χ0n) is 11.4.